The van der Waals surface area contributed by atoms with Gasteiger partial charge in [0.05, 0.1) is 4.83 Å². The molecule has 19 heavy (non-hydrogen) atoms. The Hall–Kier alpha value is -0.600. The van der Waals surface area contributed by atoms with Gasteiger partial charge in [0.2, 0.25) is 0 Å². The Morgan fingerprint density at radius 2 is 1.63 bits per heavy atom. The minimum atomic E-state index is 0.283. The largest absolute Gasteiger partial charge is 0.0786 e. The second kappa shape index (κ2) is 5.41. The maximum Gasteiger partial charge on any atom is 0.0644 e. The predicted octanol–water partition coefficient (Wildman–Crippen LogP) is 5.73. The number of fused-ring (bicyclic) bond motifs is 1. The van der Waals surface area contributed by atoms with Crippen molar-refractivity contribution in [3.63, 3.8) is 0 Å². The highest BCUT2D eigenvalue weighted by Crippen LogP contribution is 2.35. The number of rotatable bonds is 2. The van der Waals surface area contributed by atoms with E-state index in [2.05, 4.69) is 75.2 Å². The minimum absolute atomic E-state index is 0.283. The minimum Gasteiger partial charge on any atom is -0.0786 e. The van der Waals surface area contributed by atoms with Crippen LogP contribution < -0.4 is 0 Å². The lowest BCUT2D eigenvalue weighted by molar-refractivity contribution is 0.911. The van der Waals surface area contributed by atoms with Crippen LogP contribution in [-0.4, -0.2) is 0 Å². The summed E-state index contributed by atoms with van der Waals surface area (Å²) in [4.78, 5) is 0.283. The van der Waals surface area contributed by atoms with Crippen molar-refractivity contribution in [2.45, 2.75) is 31.0 Å². The van der Waals surface area contributed by atoms with Crippen molar-refractivity contribution in [1.82, 2.24) is 0 Å². The molecule has 0 N–H and O–H groups in total. The van der Waals surface area contributed by atoms with Crippen molar-refractivity contribution >= 4 is 31.9 Å². The van der Waals surface area contributed by atoms with Gasteiger partial charge in [-0.25, -0.2) is 0 Å². The summed E-state index contributed by atoms with van der Waals surface area (Å²) in [5.74, 6) is 0. The molecular weight excluding hydrogens is 364 g/mol. The summed E-state index contributed by atoms with van der Waals surface area (Å²) < 4.78 is 1.17. The van der Waals surface area contributed by atoms with E-state index in [0.29, 0.717) is 0 Å². The van der Waals surface area contributed by atoms with Crippen LogP contribution >= 0.6 is 31.9 Å². The molecule has 0 nitrogen and oxygen atoms in total. The van der Waals surface area contributed by atoms with E-state index in [1.54, 1.807) is 0 Å². The van der Waals surface area contributed by atoms with Gasteiger partial charge >= 0.3 is 0 Å². The molecule has 0 spiro atoms. The fourth-order valence-electron chi connectivity index (χ4n) is 2.77. The molecular formula is C17H16Br2. The number of hydrogen-bond acceptors (Lipinski definition) is 0. The Bertz CT molecular complexity index is 617. The van der Waals surface area contributed by atoms with Crippen molar-refractivity contribution in [3.05, 3.63) is 68.7 Å². The van der Waals surface area contributed by atoms with E-state index in [0.717, 1.165) is 0 Å². The zero-order chi connectivity index (χ0) is 13.4. The van der Waals surface area contributed by atoms with Gasteiger partial charge < -0.3 is 0 Å². The van der Waals surface area contributed by atoms with Crippen LogP contribution in [0.3, 0.4) is 0 Å². The monoisotopic (exact) mass is 378 g/mol. The van der Waals surface area contributed by atoms with Crippen molar-refractivity contribution in [2.24, 2.45) is 0 Å². The number of alkyl halides is 1. The Morgan fingerprint density at radius 1 is 0.947 bits per heavy atom. The highest BCUT2D eigenvalue weighted by Gasteiger charge is 2.16. The Labute approximate surface area is 131 Å². The molecule has 0 aliphatic heterocycles. The lowest BCUT2D eigenvalue weighted by Crippen LogP contribution is -1.95. The van der Waals surface area contributed by atoms with Gasteiger partial charge in [-0.15, -0.1) is 0 Å². The van der Waals surface area contributed by atoms with Gasteiger partial charge in [0.1, 0.15) is 0 Å². The summed E-state index contributed by atoms with van der Waals surface area (Å²) >= 11 is 7.41. The highest BCUT2D eigenvalue weighted by molar-refractivity contribution is 9.10. The zero-order valence-electron chi connectivity index (χ0n) is 10.9. The van der Waals surface area contributed by atoms with Crippen molar-refractivity contribution < 1.29 is 0 Å². The van der Waals surface area contributed by atoms with E-state index in [1.165, 1.54) is 51.6 Å². The van der Waals surface area contributed by atoms with E-state index < -0.39 is 0 Å². The summed E-state index contributed by atoms with van der Waals surface area (Å²) in [6, 6.07) is 13.5. The van der Waals surface area contributed by atoms with Crippen LogP contribution in [0.1, 0.15) is 39.1 Å². The van der Waals surface area contributed by atoms with Crippen LogP contribution in [0.2, 0.25) is 0 Å². The summed E-state index contributed by atoms with van der Waals surface area (Å²) in [5, 5.41) is 0. The molecule has 0 amide bonds. The molecule has 0 saturated heterocycles. The third-order valence-corrected chi connectivity index (χ3v) is 5.84. The van der Waals surface area contributed by atoms with Crippen LogP contribution in [-0.2, 0) is 12.8 Å². The SMILES string of the molecule is Cc1cc(C(Br)c2ccc3c(c2)CCC3)ccc1Br. The fraction of sp³-hybridized carbons (Fsp3) is 0.294. The second-order valence-electron chi connectivity index (χ2n) is 5.25. The highest BCUT2D eigenvalue weighted by atomic mass is 79.9. The summed E-state index contributed by atoms with van der Waals surface area (Å²) in [6.07, 6.45) is 3.80. The van der Waals surface area contributed by atoms with E-state index in [1.807, 2.05) is 0 Å². The van der Waals surface area contributed by atoms with Crippen molar-refractivity contribution in [1.29, 1.82) is 0 Å². The molecule has 2 aromatic rings. The van der Waals surface area contributed by atoms with Crippen LogP contribution in [0.5, 0.6) is 0 Å². The van der Waals surface area contributed by atoms with E-state index >= 15 is 0 Å². The number of hydrogen-bond donors (Lipinski definition) is 0. The molecule has 0 aromatic heterocycles. The summed E-state index contributed by atoms with van der Waals surface area (Å²) in [6.45, 7) is 2.13. The van der Waals surface area contributed by atoms with Gasteiger partial charge in [0.15, 0.2) is 0 Å². The number of aryl methyl sites for hydroxylation is 3. The standard InChI is InChI=1S/C17H16Br2/c1-11-9-14(7-8-16(11)18)17(19)15-6-5-12-3-2-4-13(12)10-15/h5-10,17H,2-4H2,1H3. The Balaban J connectivity index is 1.94. The molecule has 0 heterocycles. The molecule has 3 rings (SSSR count). The number of benzene rings is 2. The first-order valence-electron chi connectivity index (χ1n) is 6.67. The normalized spacial score (nSPS) is 15.3. The summed E-state index contributed by atoms with van der Waals surface area (Å²) in [7, 11) is 0. The summed E-state index contributed by atoms with van der Waals surface area (Å²) in [5.41, 5.74) is 7.04. The maximum absolute atomic E-state index is 3.85. The molecule has 1 atom stereocenters. The van der Waals surface area contributed by atoms with Gasteiger partial charge in [-0.2, -0.15) is 0 Å². The van der Waals surface area contributed by atoms with Crippen LogP contribution in [0.4, 0.5) is 0 Å². The molecule has 2 heteroatoms. The molecule has 98 valence electrons. The average Bonchev–Trinajstić information content (AvgIpc) is 2.88. The first-order chi connectivity index (χ1) is 9.15. The molecule has 1 aliphatic rings. The van der Waals surface area contributed by atoms with Crippen molar-refractivity contribution in [3.8, 4) is 0 Å². The average molecular weight is 380 g/mol. The van der Waals surface area contributed by atoms with E-state index in [9.17, 15) is 0 Å². The lowest BCUT2D eigenvalue weighted by atomic mass is 9.99. The quantitative estimate of drug-likeness (QED) is 0.584. The van der Waals surface area contributed by atoms with Gasteiger partial charge in [0, 0.05) is 4.47 Å². The first kappa shape index (κ1) is 13.4. The van der Waals surface area contributed by atoms with E-state index in [-0.39, 0.29) is 4.83 Å². The van der Waals surface area contributed by atoms with E-state index in [4.69, 9.17) is 0 Å². The third kappa shape index (κ3) is 2.66. The number of halogens is 2. The molecule has 0 bridgehead atoms. The molecule has 0 saturated carbocycles. The van der Waals surface area contributed by atoms with Gasteiger partial charge in [-0.05, 0) is 60.1 Å². The predicted molar refractivity (Wildman–Crippen MR) is 88.1 cm³/mol. The third-order valence-electron chi connectivity index (χ3n) is 3.89. The van der Waals surface area contributed by atoms with Gasteiger partial charge in [-0.3, -0.25) is 0 Å². The smallest absolute Gasteiger partial charge is 0.0644 e. The Kier molecular flexibility index (Phi) is 3.81. The first-order valence-corrected chi connectivity index (χ1v) is 8.38. The van der Waals surface area contributed by atoms with Crippen molar-refractivity contribution in [2.75, 3.05) is 0 Å². The molecule has 1 aliphatic carbocycles. The molecule has 1 unspecified atom stereocenters. The zero-order valence-corrected chi connectivity index (χ0v) is 14.1. The topological polar surface area (TPSA) is 0 Å². The van der Waals surface area contributed by atoms with Gasteiger partial charge in [0.25, 0.3) is 0 Å². The maximum atomic E-state index is 3.85. The molecule has 0 fully saturated rings. The second-order valence-corrected chi connectivity index (χ2v) is 7.02. The molecule has 0 radical (unpaired) electrons. The van der Waals surface area contributed by atoms with Crippen LogP contribution in [0.15, 0.2) is 40.9 Å². The molecule has 2 aromatic carbocycles. The Morgan fingerprint density at radius 3 is 2.42 bits per heavy atom. The lowest BCUT2D eigenvalue weighted by Gasteiger charge is -2.13. The van der Waals surface area contributed by atoms with Gasteiger partial charge in [-0.1, -0.05) is 62.2 Å². The fourth-order valence-corrected chi connectivity index (χ4v) is 3.58. The van der Waals surface area contributed by atoms with Crippen LogP contribution in [0, 0.1) is 6.92 Å². The van der Waals surface area contributed by atoms with Crippen LogP contribution in [0.25, 0.3) is 0 Å².